The molecule has 0 bridgehead atoms. The number of nitrogens with two attached hydrogens (primary N) is 1. The van der Waals surface area contributed by atoms with Gasteiger partial charge in [0.25, 0.3) is 10.1 Å². The topological polar surface area (TPSA) is 84.3 Å². The number of hydrogen-bond donors (Lipinski definition) is 2. The van der Waals surface area contributed by atoms with E-state index in [0.717, 1.165) is 27.5 Å². The van der Waals surface area contributed by atoms with Crippen LogP contribution in [0.3, 0.4) is 0 Å². The highest BCUT2D eigenvalue weighted by Crippen LogP contribution is 2.26. The predicted octanol–water partition coefficient (Wildman–Crippen LogP) is 2.14. The first kappa shape index (κ1) is 14.7. The maximum Gasteiger partial charge on any atom is 0.265 e. The van der Waals surface area contributed by atoms with Crippen molar-refractivity contribution in [1.82, 2.24) is 0 Å². The third-order valence-electron chi connectivity index (χ3n) is 3.75. The van der Waals surface area contributed by atoms with Gasteiger partial charge in [-0.2, -0.15) is 13.0 Å². The molecule has 3 N–H and O–H groups in total. The number of fused-ring (bicyclic) bond motifs is 2. The molecule has 1 heterocycles. The fraction of sp³-hybridized carbons (Fsp3) is 0.188. The summed E-state index contributed by atoms with van der Waals surface area (Å²) in [7, 11) is -3.95. The molecule has 0 saturated heterocycles. The lowest BCUT2D eigenvalue weighted by atomic mass is 10.1. The van der Waals surface area contributed by atoms with Crippen LogP contribution in [0.1, 0.15) is 6.42 Å². The average Bonchev–Trinajstić information content (AvgIpc) is 2.49. The van der Waals surface area contributed by atoms with Crippen molar-refractivity contribution in [3.05, 3.63) is 48.5 Å². The summed E-state index contributed by atoms with van der Waals surface area (Å²) >= 11 is 0. The maximum absolute atomic E-state index is 10.9. The molecule has 0 atom stereocenters. The summed E-state index contributed by atoms with van der Waals surface area (Å²) in [6.45, 7) is 0.487. The van der Waals surface area contributed by atoms with Gasteiger partial charge in [-0.1, -0.05) is 24.3 Å². The van der Waals surface area contributed by atoms with Crippen LogP contribution in [0.4, 0.5) is 5.69 Å². The number of nitrogen functional groups attached to an aromatic ring is 1. The molecule has 1 aromatic heterocycles. The molecule has 0 radical (unpaired) electrons. The zero-order valence-corrected chi connectivity index (χ0v) is 12.8. The van der Waals surface area contributed by atoms with Crippen molar-refractivity contribution in [2.24, 2.45) is 0 Å². The molecule has 0 fully saturated rings. The van der Waals surface area contributed by atoms with Crippen molar-refractivity contribution in [2.75, 3.05) is 11.5 Å². The lowest BCUT2D eigenvalue weighted by Gasteiger charge is -2.08. The molecule has 2 aromatic carbocycles. The number of anilines is 1. The highest BCUT2D eigenvalue weighted by Gasteiger charge is 2.18. The molecule has 0 aliphatic rings. The molecule has 5 nitrogen and oxygen atoms in total. The van der Waals surface area contributed by atoms with Crippen LogP contribution in [-0.2, 0) is 16.7 Å². The minimum absolute atomic E-state index is 0.257. The molecular formula is C16H17N2O3S+. The Morgan fingerprint density at radius 2 is 1.45 bits per heavy atom. The molecule has 0 amide bonds. The zero-order chi connectivity index (χ0) is 15.7. The largest absolute Gasteiger partial charge is 0.397 e. The summed E-state index contributed by atoms with van der Waals surface area (Å²) in [5.74, 6) is -0.257. The zero-order valence-electron chi connectivity index (χ0n) is 11.9. The van der Waals surface area contributed by atoms with Crippen LogP contribution in [0.15, 0.2) is 48.5 Å². The van der Waals surface area contributed by atoms with Crippen LogP contribution < -0.4 is 10.3 Å². The van der Waals surface area contributed by atoms with E-state index < -0.39 is 10.1 Å². The lowest BCUT2D eigenvalue weighted by molar-refractivity contribution is -0.645. The second-order valence-electron chi connectivity index (χ2n) is 5.24. The van der Waals surface area contributed by atoms with Crippen molar-refractivity contribution < 1.29 is 17.5 Å². The van der Waals surface area contributed by atoms with Crippen molar-refractivity contribution in [3.63, 3.8) is 0 Å². The van der Waals surface area contributed by atoms with Gasteiger partial charge in [0.15, 0.2) is 6.54 Å². The second-order valence-corrected chi connectivity index (χ2v) is 6.81. The Kier molecular flexibility index (Phi) is 3.72. The Balaban J connectivity index is 2.18. The van der Waals surface area contributed by atoms with E-state index in [9.17, 15) is 8.42 Å². The van der Waals surface area contributed by atoms with Gasteiger partial charge >= 0.3 is 0 Å². The Morgan fingerprint density at radius 1 is 0.955 bits per heavy atom. The molecule has 0 aliphatic heterocycles. The molecule has 0 spiro atoms. The van der Waals surface area contributed by atoms with Crippen LogP contribution in [-0.4, -0.2) is 18.7 Å². The van der Waals surface area contributed by atoms with Gasteiger partial charge in [0.2, 0.25) is 11.0 Å². The van der Waals surface area contributed by atoms with Crippen LogP contribution in [0.25, 0.3) is 21.8 Å². The Hall–Kier alpha value is -2.18. The maximum atomic E-state index is 10.9. The SMILES string of the molecule is Nc1c2ccccc2[n+](CCCS(=O)(=O)O)c2ccccc12. The van der Waals surface area contributed by atoms with Crippen LogP contribution in [0.2, 0.25) is 0 Å². The second kappa shape index (κ2) is 5.55. The van der Waals surface area contributed by atoms with Crippen molar-refractivity contribution in [1.29, 1.82) is 0 Å². The van der Waals surface area contributed by atoms with E-state index >= 15 is 0 Å². The molecule has 6 heteroatoms. The Morgan fingerprint density at radius 3 is 1.95 bits per heavy atom. The number of para-hydroxylation sites is 2. The number of rotatable bonds is 4. The smallest absolute Gasteiger partial charge is 0.265 e. The molecule has 22 heavy (non-hydrogen) atoms. The highest BCUT2D eigenvalue weighted by molar-refractivity contribution is 7.85. The molecule has 0 aliphatic carbocycles. The molecule has 114 valence electrons. The lowest BCUT2D eigenvalue weighted by Crippen LogP contribution is -2.36. The fourth-order valence-corrected chi connectivity index (χ4v) is 3.29. The number of hydrogen-bond acceptors (Lipinski definition) is 3. The first-order valence-corrected chi connectivity index (χ1v) is 8.62. The van der Waals surface area contributed by atoms with Gasteiger partial charge in [-0.25, -0.2) is 0 Å². The molecule has 0 saturated carbocycles. The van der Waals surface area contributed by atoms with Gasteiger partial charge in [0.05, 0.1) is 22.2 Å². The summed E-state index contributed by atoms with van der Waals surface area (Å²) in [4.78, 5) is 0. The van der Waals surface area contributed by atoms with Gasteiger partial charge in [-0.15, -0.1) is 0 Å². The quantitative estimate of drug-likeness (QED) is 0.439. The van der Waals surface area contributed by atoms with E-state index in [4.69, 9.17) is 10.3 Å². The number of nitrogens with zero attached hydrogens (tertiary/aromatic N) is 1. The number of pyridine rings is 1. The number of aryl methyl sites for hydroxylation is 1. The van der Waals surface area contributed by atoms with Crippen LogP contribution in [0.5, 0.6) is 0 Å². The Labute approximate surface area is 128 Å². The van der Waals surface area contributed by atoms with Crippen molar-refractivity contribution in [2.45, 2.75) is 13.0 Å². The average molecular weight is 317 g/mol. The van der Waals surface area contributed by atoms with Gasteiger partial charge in [-0.3, -0.25) is 4.55 Å². The molecule has 0 unspecified atom stereocenters. The predicted molar refractivity (Wildman–Crippen MR) is 87.1 cm³/mol. The van der Waals surface area contributed by atoms with E-state index in [0.29, 0.717) is 13.0 Å². The standard InChI is InChI=1S/C16H16N2O3S/c17-16-12-6-1-3-8-14(12)18(10-5-11-22(19,20)21)15-9-4-2-7-13(15)16/h1-4,6-9,17H,5,10-11H2,(H,19,20,21)/p+1. The Bertz CT molecular complexity index is 895. The third kappa shape index (κ3) is 2.75. The first-order chi connectivity index (χ1) is 10.5. The minimum Gasteiger partial charge on any atom is -0.397 e. The van der Waals surface area contributed by atoms with Crippen LogP contribution in [0, 0.1) is 0 Å². The number of aromatic nitrogens is 1. The summed E-state index contributed by atoms with van der Waals surface area (Å²) in [6.07, 6.45) is 0.335. The molecular weight excluding hydrogens is 300 g/mol. The summed E-state index contributed by atoms with van der Waals surface area (Å²) < 4.78 is 32.8. The monoisotopic (exact) mass is 317 g/mol. The third-order valence-corrected chi connectivity index (χ3v) is 4.56. The summed E-state index contributed by atoms with van der Waals surface area (Å²) in [6, 6.07) is 15.5. The van der Waals surface area contributed by atoms with Gasteiger partial charge in [-0.05, 0) is 12.1 Å². The molecule has 3 rings (SSSR count). The van der Waals surface area contributed by atoms with E-state index in [-0.39, 0.29) is 5.75 Å². The van der Waals surface area contributed by atoms with E-state index in [1.54, 1.807) is 0 Å². The minimum atomic E-state index is -3.95. The van der Waals surface area contributed by atoms with E-state index in [1.807, 2.05) is 53.1 Å². The van der Waals surface area contributed by atoms with Crippen molar-refractivity contribution in [3.8, 4) is 0 Å². The first-order valence-electron chi connectivity index (χ1n) is 7.01. The van der Waals surface area contributed by atoms with E-state index in [2.05, 4.69) is 0 Å². The number of benzene rings is 2. The van der Waals surface area contributed by atoms with Gasteiger partial charge < -0.3 is 5.73 Å². The highest BCUT2D eigenvalue weighted by atomic mass is 32.2. The molecule has 3 aromatic rings. The van der Waals surface area contributed by atoms with Gasteiger partial charge in [0.1, 0.15) is 0 Å². The van der Waals surface area contributed by atoms with Crippen LogP contribution >= 0.6 is 0 Å². The summed E-state index contributed by atoms with van der Waals surface area (Å²) in [5.41, 5.74) is 8.90. The fourth-order valence-electron chi connectivity index (χ4n) is 2.79. The van der Waals surface area contributed by atoms with Crippen molar-refractivity contribution >= 4 is 37.6 Å². The normalized spacial score (nSPS) is 12.0. The summed E-state index contributed by atoms with van der Waals surface area (Å²) in [5, 5.41) is 1.88. The van der Waals surface area contributed by atoms with E-state index in [1.165, 1.54) is 0 Å². The van der Waals surface area contributed by atoms with Gasteiger partial charge in [0, 0.05) is 18.6 Å².